The lowest BCUT2D eigenvalue weighted by atomic mass is 9.76. The zero-order chi connectivity index (χ0) is 24.4. The molecule has 0 radical (unpaired) electrons. The van der Waals surface area contributed by atoms with Crippen molar-refractivity contribution < 1.29 is 18.6 Å². The fourth-order valence-electron chi connectivity index (χ4n) is 5.06. The van der Waals surface area contributed by atoms with E-state index in [0.717, 1.165) is 32.5 Å². The van der Waals surface area contributed by atoms with Crippen molar-refractivity contribution in [2.24, 2.45) is 0 Å². The van der Waals surface area contributed by atoms with Gasteiger partial charge in [0.25, 0.3) is 0 Å². The van der Waals surface area contributed by atoms with Gasteiger partial charge in [-0.2, -0.15) is 0 Å². The molecule has 2 aliphatic rings. The standard InChI is InChI=1S/C27H29B2O5/c1-24(2)25(3,4)32-28(31-24)17-11-15-9-10-16-12-18(29-33-26(5,6)27(7,8)34-29)14-20-22(16)21(15)19(13-17)23(20)30/h9-14H,1H2,2-8H3/q+1. The Hall–Kier alpha value is -2.31. The van der Waals surface area contributed by atoms with E-state index in [1.165, 1.54) is 0 Å². The summed E-state index contributed by atoms with van der Waals surface area (Å²) >= 11 is 0. The van der Waals surface area contributed by atoms with Crippen LogP contribution in [0.5, 0.6) is 0 Å². The molecule has 5 nitrogen and oxygen atoms in total. The smallest absolute Gasteiger partial charge is 0.399 e. The van der Waals surface area contributed by atoms with Crippen LogP contribution in [0.4, 0.5) is 0 Å². The van der Waals surface area contributed by atoms with Gasteiger partial charge in [-0.3, -0.25) is 4.79 Å². The number of rotatable bonds is 2. The molecule has 1 unspecified atom stereocenters. The first-order valence-corrected chi connectivity index (χ1v) is 11.9. The van der Waals surface area contributed by atoms with Gasteiger partial charge in [0.2, 0.25) is 5.60 Å². The average Bonchev–Trinajstić information content (AvgIpc) is 3.24. The summed E-state index contributed by atoms with van der Waals surface area (Å²) in [7, 11) is -1.10. The fourth-order valence-corrected chi connectivity index (χ4v) is 5.06. The predicted octanol–water partition coefficient (Wildman–Crippen LogP) is 3.79. The summed E-state index contributed by atoms with van der Waals surface area (Å²) in [6.07, 6.45) is 0. The van der Waals surface area contributed by atoms with Crippen molar-refractivity contribution in [2.45, 2.75) is 70.9 Å². The Morgan fingerprint density at radius 1 is 0.647 bits per heavy atom. The van der Waals surface area contributed by atoms with Crippen LogP contribution in [0.25, 0.3) is 32.3 Å². The van der Waals surface area contributed by atoms with Gasteiger partial charge in [0, 0.05) is 28.5 Å². The molecule has 0 aromatic heterocycles. The first-order chi connectivity index (χ1) is 15.7. The molecule has 2 fully saturated rings. The van der Waals surface area contributed by atoms with Crippen LogP contribution in [0, 0.1) is 6.92 Å². The summed E-state index contributed by atoms with van der Waals surface area (Å²) in [5.41, 5.74) is -0.449. The molecule has 172 valence electrons. The molecule has 0 bridgehead atoms. The van der Waals surface area contributed by atoms with E-state index in [1.54, 1.807) is 0 Å². The zero-order valence-corrected chi connectivity index (χ0v) is 20.9. The van der Waals surface area contributed by atoms with Gasteiger partial charge in [-0.1, -0.05) is 36.4 Å². The van der Waals surface area contributed by atoms with E-state index >= 15 is 0 Å². The van der Waals surface area contributed by atoms with Crippen LogP contribution in [-0.2, 0) is 18.6 Å². The lowest BCUT2D eigenvalue weighted by molar-refractivity contribution is 0.00578. The van der Waals surface area contributed by atoms with Crippen molar-refractivity contribution in [3.63, 3.8) is 0 Å². The Balaban J connectivity index is 1.51. The second-order valence-electron chi connectivity index (χ2n) is 11.6. The lowest BCUT2D eigenvalue weighted by Gasteiger charge is -2.32. The van der Waals surface area contributed by atoms with Crippen molar-refractivity contribution in [1.82, 2.24) is 0 Å². The number of hydrogen-bond donors (Lipinski definition) is 0. The van der Waals surface area contributed by atoms with Crippen LogP contribution in [0.3, 0.4) is 0 Å². The Kier molecular flexibility index (Phi) is 4.22. The van der Waals surface area contributed by atoms with Crippen LogP contribution in [-0.4, -0.2) is 36.6 Å². The highest BCUT2D eigenvalue weighted by molar-refractivity contribution is 6.63. The van der Waals surface area contributed by atoms with Crippen LogP contribution in [0.2, 0.25) is 0 Å². The maximum Gasteiger partial charge on any atom is 0.498 e. The quantitative estimate of drug-likeness (QED) is 0.262. The Morgan fingerprint density at radius 2 is 1.06 bits per heavy atom. The normalized spacial score (nSPS) is 26.0. The molecular weight excluding hydrogens is 426 g/mol. The molecule has 0 saturated carbocycles. The van der Waals surface area contributed by atoms with Crippen molar-refractivity contribution in [1.29, 1.82) is 0 Å². The van der Waals surface area contributed by atoms with Crippen LogP contribution in [0.15, 0.2) is 41.2 Å². The van der Waals surface area contributed by atoms with Crippen LogP contribution >= 0.6 is 0 Å². The van der Waals surface area contributed by atoms with Crippen molar-refractivity contribution in [3.8, 4) is 0 Å². The van der Waals surface area contributed by atoms with Gasteiger partial charge < -0.3 is 18.6 Å². The molecule has 4 aromatic carbocycles. The largest absolute Gasteiger partial charge is 0.498 e. The number of hydrogen-bond acceptors (Lipinski definition) is 5. The Morgan fingerprint density at radius 3 is 1.47 bits per heavy atom. The van der Waals surface area contributed by atoms with E-state index in [4.69, 9.17) is 18.6 Å². The minimum Gasteiger partial charge on any atom is -0.399 e. The summed E-state index contributed by atoms with van der Waals surface area (Å²) < 4.78 is 24.9. The summed E-state index contributed by atoms with van der Waals surface area (Å²) in [6, 6.07) is 12.1. The van der Waals surface area contributed by atoms with Gasteiger partial charge in [-0.25, -0.2) is 0 Å². The fraction of sp³-hybridized carbons (Fsp3) is 0.407. The second-order valence-corrected chi connectivity index (χ2v) is 11.6. The lowest BCUT2D eigenvalue weighted by Crippen LogP contribution is -2.42. The van der Waals surface area contributed by atoms with Gasteiger partial charge in [0.05, 0.1) is 18.1 Å². The van der Waals surface area contributed by atoms with Crippen LogP contribution < -0.4 is 16.4 Å². The van der Waals surface area contributed by atoms with Gasteiger partial charge in [0.15, 0.2) is 5.43 Å². The van der Waals surface area contributed by atoms with Crippen molar-refractivity contribution in [2.75, 3.05) is 0 Å². The topological polar surface area (TPSA) is 54.0 Å². The molecule has 0 N–H and O–H groups in total. The van der Waals surface area contributed by atoms with E-state index in [2.05, 4.69) is 31.2 Å². The van der Waals surface area contributed by atoms with Gasteiger partial charge >= 0.3 is 14.2 Å². The predicted molar refractivity (Wildman–Crippen MR) is 139 cm³/mol. The van der Waals surface area contributed by atoms with Crippen molar-refractivity contribution >= 4 is 57.5 Å². The molecule has 4 aromatic rings. The zero-order valence-electron chi connectivity index (χ0n) is 20.9. The Bertz CT molecular complexity index is 1360. The molecule has 2 saturated heterocycles. The van der Waals surface area contributed by atoms with Gasteiger partial charge in [-0.05, 0) is 63.2 Å². The third-order valence-electron chi connectivity index (χ3n) is 8.40. The third-order valence-corrected chi connectivity index (χ3v) is 8.40. The number of benzene rings is 3. The molecule has 0 spiro atoms. The first kappa shape index (κ1) is 22.2. The molecule has 7 heteroatoms. The van der Waals surface area contributed by atoms with E-state index in [0.29, 0.717) is 10.8 Å². The van der Waals surface area contributed by atoms with E-state index < -0.39 is 36.6 Å². The highest BCUT2D eigenvalue weighted by atomic mass is 16.7. The average molecular weight is 455 g/mol. The molecule has 34 heavy (non-hydrogen) atoms. The molecule has 2 heterocycles. The molecule has 6 rings (SSSR count). The summed E-state index contributed by atoms with van der Waals surface area (Å²) in [4.78, 5) is 13.7. The SMILES string of the molecule is [CH2+]C1(C)OB(c2cc3ccc4cc(B5OC(C)(C)C(C)(C)O5)cc5c(=O)c(c2)c3c45)OC1(C)C. The van der Waals surface area contributed by atoms with Gasteiger partial charge in [-0.15, -0.1) is 0 Å². The summed E-state index contributed by atoms with van der Waals surface area (Å²) in [5, 5.41) is 5.35. The van der Waals surface area contributed by atoms with E-state index in [9.17, 15) is 4.79 Å². The van der Waals surface area contributed by atoms with Crippen LogP contribution in [0.1, 0.15) is 48.5 Å². The molecule has 1 atom stereocenters. The maximum absolute atomic E-state index is 13.7. The first-order valence-electron chi connectivity index (χ1n) is 11.9. The molecular formula is C27H29B2O5+. The van der Waals surface area contributed by atoms with E-state index in [-0.39, 0.29) is 5.43 Å². The molecule has 2 aliphatic heterocycles. The van der Waals surface area contributed by atoms with Gasteiger partial charge in [0.1, 0.15) is 5.60 Å². The molecule has 0 amide bonds. The highest BCUT2D eigenvalue weighted by Crippen LogP contribution is 2.39. The minimum atomic E-state index is -0.693. The highest BCUT2D eigenvalue weighted by Gasteiger charge is 2.57. The Labute approximate surface area is 200 Å². The van der Waals surface area contributed by atoms with Crippen molar-refractivity contribution in [3.05, 3.63) is 53.5 Å². The second kappa shape index (κ2) is 6.46. The van der Waals surface area contributed by atoms with E-state index in [1.807, 2.05) is 60.6 Å². The summed E-state index contributed by atoms with van der Waals surface area (Å²) in [6.45, 7) is 18.2. The monoisotopic (exact) mass is 455 g/mol. The third kappa shape index (κ3) is 2.84. The summed E-state index contributed by atoms with van der Waals surface area (Å²) in [5.74, 6) is 0. The molecule has 0 aliphatic carbocycles. The minimum absolute atomic E-state index is 0.00561. The maximum atomic E-state index is 13.7.